The van der Waals surface area contributed by atoms with Gasteiger partial charge in [-0.15, -0.1) is 0 Å². The quantitative estimate of drug-likeness (QED) is 0.743. The molecule has 2 heterocycles. The largest absolute Gasteiger partial charge is 0.485 e. The number of aromatic nitrogens is 2. The highest BCUT2D eigenvalue weighted by Crippen LogP contribution is 2.29. The molecule has 0 spiro atoms. The highest BCUT2D eigenvalue weighted by molar-refractivity contribution is 5.94. The van der Waals surface area contributed by atoms with Gasteiger partial charge < -0.3 is 20.6 Å². The van der Waals surface area contributed by atoms with E-state index in [2.05, 4.69) is 9.97 Å². The lowest BCUT2D eigenvalue weighted by atomic mass is 10.2. The van der Waals surface area contributed by atoms with Gasteiger partial charge in [0.2, 0.25) is 5.95 Å². The SMILES string of the molecule is Nc1nc(N)c2c(OCc3ccco3)cccc2n1. The van der Waals surface area contributed by atoms with E-state index in [4.69, 9.17) is 20.6 Å². The van der Waals surface area contributed by atoms with Crippen LogP contribution in [-0.2, 0) is 6.61 Å². The van der Waals surface area contributed by atoms with Gasteiger partial charge in [-0.05, 0) is 24.3 Å². The minimum Gasteiger partial charge on any atom is -0.485 e. The Balaban J connectivity index is 1.99. The Hall–Kier alpha value is -2.76. The van der Waals surface area contributed by atoms with Crippen molar-refractivity contribution in [1.82, 2.24) is 9.97 Å². The Kier molecular flexibility index (Phi) is 2.68. The fourth-order valence-electron chi connectivity index (χ4n) is 1.86. The number of anilines is 2. The first-order chi connectivity index (χ1) is 9.24. The maximum absolute atomic E-state index is 5.87. The Labute approximate surface area is 109 Å². The summed E-state index contributed by atoms with van der Waals surface area (Å²) in [6.45, 7) is 0.315. The first-order valence-corrected chi connectivity index (χ1v) is 5.71. The molecule has 6 nitrogen and oxygen atoms in total. The Bertz CT molecular complexity index is 710. The van der Waals surface area contributed by atoms with E-state index < -0.39 is 0 Å². The third-order valence-electron chi connectivity index (χ3n) is 2.68. The van der Waals surface area contributed by atoms with E-state index in [1.54, 1.807) is 18.4 Å². The zero-order valence-corrected chi connectivity index (χ0v) is 10.0. The lowest BCUT2D eigenvalue weighted by molar-refractivity contribution is 0.273. The van der Waals surface area contributed by atoms with Crippen LogP contribution in [0.1, 0.15) is 5.76 Å². The van der Waals surface area contributed by atoms with Crippen molar-refractivity contribution < 1.29 is 9.15 Å². The van der Waals surface area contributed by atoms with Crippen LogP contribution in [0.15, 0.2) is 41.0 Å². The number of fused-ring (bicyclic) bond motifs is 1. The Morgan fingerprint density at radius 1 is 1.11 bits per heavy atom. The van der Waals surface area contributed by atoms with Gasteiger partial charge in [-0.2, -0.15) is 4.98 Å². The van der Waals surface area contributed by atoms with Gasteiger partial charge >= 0.3 is 0 Å². The van der Waals surface area contributed by atoms with Crippen molar-refractivity contribution >= 4 is 22.7 Å². The second-order valence-electron chi connectivity index (χ2n) is 3.99. The summed E-state index contributed by atoms with van der Waals surface area (Å²) in [5.41, 5.74) is 12.1. The lowest BCUT2D eigenvalue weighted by Gasteiger charge is -2.09. The summed E-state index contributed by atoms with van der Waals surface area (Å²) in [4.78, 5) is 8.07. The average Bonchev–Trinajstić information content (AvgIpc) is 2.88. The lowest BCUT2D eigenvalue weighted by Crippen LogP contribution is -2.02. The number of ether oxygens (including phenoxy) is 1. The average molecular weight is 256 g/mol. The summed E-state index contributed by atoms with van der Waals surface area (Å²) in [7, 11) is 0. The predicted octanol–water partition coefficient (Wildman–Crippen LogP) is 1.97. The molecule has 0 aliphatic rings. The number of nitrogen functional groups attached to an aromatic ring is 2. The smallest absolute Gasteiger partial charge is 0.222 e. The van der Waals surface area contributed by atoms with E-state index in [1.807, 2.05) is 18.2 Å². The second-order valence-corrected chi connectivity index (χ2v) is 3.99. The first kappa shape index (κ1) is 11.3. The molecule has 2 aromatic heterocycles. The molecular weight excluding hydrogens is 244 g/mol. The van der Waals surface area contributed by atoms with Crippen molar-refractivity contribution in [3.8, 4) is 5.75 Å². The van der Waals surface area contributed by atoms with Crippen LogP contribution in [0.2, 0.25) is 0 Å². The van der Waals surface area contributed by atoms with E-state index in [0.717, 1.165) is 5.76 Å². The van der Waals surface area contributed by atoms with Crippen LogP contribution in [0.3, 0.4) is 0 Å². The van der Waals surface area contributed by atoms with E-state index in [1.165, 1.54) is 0 Å². The number of nitrogens with zero attached hydrogens (tertiary/aromatic N) is 2. The van der Waals surface area contributed by atoms with Crippen LogP contribution in [0.5, 0.6) is 5.75 Å². The molecule has 0 unspecified atom stereocenters. The zero-order valence-electron chi connectivity index (χ0n) is 10.0. The van der Waals surface area contributed by atoms with Crippen LogP contribution in [-0.4, -0.2) is 9.97 Å². The summed E-state index contributed by atoms with van der Waals surface area (Å²) in [6, 6.07) is 9.08. The molecule has 0 aliphatic carbocycles. The normalized spacial score (nSPS) is 10.7. The summed E-state index contributed by atoms with van der Waals surface area (Å²) in [5, 5.41) is 0.656. The third-order valence-corrected chi connectivity index (χ3v) is 2.68. The van der Waals surface area contributed by atoms with Gasteiger partial charge in [0.15, 0.2) is 0 Å². The second kappa shape index (κ2) is 4.49. The van der Waals surface area contributed by atoms with E-state index >= 15 is 0 Å². The maximum atomic E-state index is 5.87. The van der Waals surface area contributed by atoms with Crippen molar-refractivity contribution in [3.63, 3.8) is 0 Å². The minimum absolute atomic E-state index is 0.146. The van der Waals surface area contributed by atoms with Gasteiger partial charge in [0.05, 0.1) is 17.2 Å². The summed E-state index contributed by atoms with van der Waals surface area (Å²) < 4.78 is 10.9. The molecule has 6 heteroatoms. The molecule has 0 bridgehead atoms. The monoisotopic (exact) mass is 256 g/mol. The standard InChI is InChI=1S/C13H12N4O2/c14-12-11-9(16-13(15)17-12)4-1-5-10(11)19-7-8-3-2-6-18-8/h1-6H,7H2,(H4,14,15,16,17). The molecule has 0 amide bonds. The Morgan fingerprint density at radius 2 is 2.00 bits per heavy atom. The van der Waals surface area contributed by atoms with Crippen LogP contribution >= 0.6 is 0 Å². The molecule has 1 aromatic carbocycles. The Morgan fingerprint density at radius 3 is 2.79 bits per heavy atom. The molecule has 3 rings (SSSR count). The topological polar surface area (TPSA) is 100 Å². The number of benzene rings is 1. The number of furan rings is 1. The minimum atomic E-state index is 0.146. The molecule has 0 saturated carbocycles. The predicted molar refractivity (Wildman–Crippen MR) is 71.4 cm³/mol. The van der Waals surface area contributed by atoms with Crippen LogP contribution in [0, 0.1) is 0 Å². The van der Waals surface area contributed by atoms with E-state index in [-0.39, 0.29) is 5.95 Å². The van der Waals surface area contributed by atoms with Crippen molar-refractivity contribution in [2.45, 2.75) is 6.61 Å². The van der Waals surface area contributed by atoms with Gasteiger partial charge in [-0.1, -0.05) is 6.07 Å². The molecular formula is C13H12N4O2. The summed E-state index contributed by atoms with van der Waals surface area (Å²) in [5.74, 6) is 1.78. The van der Waals surface area contributed by atoms with Crippen molar-refractivity contribution in [2.24, 2.45) is 0 Å². The number of rotatable bonds is 3. The number of nitrogens with two attached hydrogens (primary N) is 2. The fourth-order valence-corrected chi connectivity index (χ4v) is 1.86. The molecule has 4 N–H and O–H groups in total. The van der Waals surface area contributed by atoms with Gasteiger partial charge in [0, 0.05) is 0 Å². The first-order valence-electron chi connectivity index (χ1n) is 5.71. The molecule has 0 saturated heterocycles. The molecule has 96 valence electrons. The molecule has 0 atom stereocenters. The molecule has 3 aromatic rings. The highest BCUT2D eigenvalue weighted by atomic mass is 16.5. The maximum Gasteiger partial charge on any atom is 0.222 e. The van der Waals surface area contributed by atoms with Crippen LogP contribution in [0.25, 0.3) is 10.9 Å². The molecule has 0 radical (unpaired) electrons. The fraction of sp³-hybridized carbons (Fsp3) is 0.0769. The van der Waals surface area contributed by atoms with Gasteiger partial charge in [0.1, 0.15) is 23.9 Å². The van der Waals surface area contributed by atoms with E-state index in [0.29, 0.717) is 29.1 Å². The van der Waals surface area contributed by atoms with Crippen molar-refractivity contribution in [2.75, 3.05) is 11.5 Å². The summed E-state index contributed by atoms with van der Waals surface area (Å²) in [6.07, 6.45) is 1.60. The number of hydrogen-bond acceptors (Lipinski definition) is 6. The van der Waals surface area contributed by atoms with Gasteiger partial charge in [0.25, 0.3) is 0 Å². The van der Waals surface area contributed by atoms with Crippen molar-refractivity contribution in [1.29, 1.82) is 0 Å². The highest BCUT2D eigenvalue weighted by Gasteiger charge is 2.10. The van der Waals surface area contributed by atoms with Crippen molar-refractivity contribution in [3.05, 3.63) is 42.4 Å². The van der Waals surface area contributed by atoms with Gasteiger partial charge in [-0.25, -0.2) is 4.98 Å². The molecule has 0 fully saturated rings. The molecule has 19 heavy (non-hydrogen) atoms. The van der Waals surface area contributed by atoms with Gasteiger partial charge in [-0.3, -0.25) is 0 Å². The summed E-state index contributed by atoms with van der Waals surface area (Å²) >= 11 is 0. The molecule has 0 aliphatic heterocycles. The van der Waals surface area contributed by atoms with Crippen LogP contribution < -0.4 is 16.2 Å². The van der Waals surface area contributed by atoms with E-state index in [9.17, 15) is 0 Å². The third kappa shape index (κ3) is 2.15. The van der Waals surface area contributed by atoms with Crippen LogP contribution in [0.4, 0.5) is 11.8 Å². The zero-order chi connectivity index (χ0) is 13.2. The number of hydrogen-bond donors (Lipinski definition) is 2.